The van der Waals surface area contributed by atoms with Gasteiger partial charge in [0.1, 0.15) is 11.8 Å². The number of fused-ring (bicyclic) bond motifs is 1. The first-order valence-corrected chi connectivity index (χ1v) is 4.87. The van der Waals surface area contributed by atoms with Crippen LogP contribution in [0.4, 0.5) is 0 Å². The van der Waals surface area contributed by atoms with Crippen LogP contribution in [0.3, 0.4) is 0 Å². The molecule has 3 rings (SSSR count). The summed E-state index contributed by atoms with van der Waals surface area (Å²) in [5.74, 6) is 0. The Morgan fingerprint density at radius 1 is 1.19 bits per heavy atom. The van der Waals surface area contributed by atoms with E-state index < -0.39 is 0 Å². The predicted octanol–water partition coefficient (Wildman–Crippen LogP) is 2.18. The molecule has 0 fully saturated rings. The molecule has 2 aromatic heterocycles. The highest BCUT2D eigenvalue weighted by Gasteiger charge is 2.09. The van der Waals surface area contributed by atoms with Crippen molar-refractivity contribution in [3.8, 4) is 11.3 Å². The Balaban J connectivity index is 2.37. The molecule has 1 aromatic carbocycles. The average molecular weight is 212 g/mol. The van der Waals surface area contributed by atoms with Gasteiger partial charge in [0.05, 0.1) is 16.6 Å². The van der Waals surface area contributed by atoms with E-state index in [4.69, 9.17) is 4.42 Å². The van der Waals surface area contributed by atoms with Crippen molar-refractivity contribution < 1.29 is 4.42 Å². The van der Waals surface area contributed by atoms with E-state index in [-0.39, 0.29) is 5.43 Å². The first-order valence-electron chi connectivity index (χ1n) is 4.87. The zero-order valence-corrected chi connectivity index (χ0v) is 8.31. The van der Waals surface area contributed by atoms with Gasteiger partial charge in [-0.05, 0) is 18.2 Å². The fourth-order valence-electron chi connectivity index (χ4n) is 1.66. The number of benzene rings is 1. The van der Waals surface area contributed by atoms with E-state index >= 15 is 0 Å². The van der Waals surface area contributed by atoms with Crippen molar-refractivity contribution in [1.82, 2.24) is 10.2 Å². The SMILES string of the molecule is O=c1c(-c2cc[nH]n2)coc2ccccc12. The standard InChI is InChI=1S/C12H8N2O2/c15-12-8-3-1-2-4-11(8)16-7-9(12)10-5-6-13-14-10/h1-7H,(H,13,14). The minimum Gasteiger partial charge on any atom is -0.463 e. The van der Waals surface area contributed by atoms with Crippen molar-refractivity contribution in [1.29, 1.82) is 0 Å². The second-order valence-electron chi connectivity index (χ2n) is 3.43. The van der Waals surface area contributed by atoms with Crippen LogP contribution in [-0.2, 0) is 0 Å². The lowest BCUT2D eigenvalue weighted by atomic mass is 10.1. The molecule has 0 atom stereocenters. The summed E-state index contributed by atoms with van der Waals surface area (Å²) in [5.41, 5.74) is 1.60. The van der Waals surface area contributed by atoms with Gasteiger partial charge in [-0.1, -0.05) is 12.1 Å². The van der Waals surface area contributed by atoms with Crippen LogP contribution in [0.25, 0.3) is 22.2 Å². The number of para-hydroxylation sites is 1. The second-order valence-corrected chi connectivity index (χ2v) is 3.43. The Morgan fingerprint density at radius 2 is 2.06 bits per heavy atom. The molecular formula is C12H8N2O2. The third-order valence-corrected chi connectivity index (χ3v) is 2.46. The number of rotatable bonds is 1. The van der Waals surface area contributed by atoms with E-state index in [1.807, 2.05) is 12.1 Å². The van der Waals surface area contributed by atoms with Crippen LogP contribution >= 0.6 is 0 Å². The van der Waals surface area contributed by atoms with Gasteiger partial charge in [0.15, 0.2) is 0 Å². The van der Waals surface area contributed by atoms with E-state index in [0.29, 0.717) is 22.2 Å². The van der Waals surface area contributed by atoms with Crippen molar-refractivity contribution in [3.05, 3.63) is 53.0 Å². The van der Waals surface area contributed by atoms with Crippen LogP contribution in [0.1, 0.15) is 0 Å². The molecule has 0 bridgehead atoms. The molecule has 0 saturated heterocycles. The van der Waals surface area contributed by atoms with Gasteiger partial charge in [0, 0.05) is 6.20 Å². The number of H-pyrrole nitrogens is 1. The Kier molecular flexibility index (Phi) is 1.86. The highest BCUT2D eigenvalue weighted by molar-refractivity contribution is 5.80. The van der Waals surface area contributed by atoms with Crippen LogP contribution in [0.5, 0.6) is 0 Å². The van der Waals surface area contributed by atoms with Crippen molar-refractivity contribution in [2.75, 3.05) is 0 Å². The number of aromatic amines is 1. The van der Waals surface area contributed by atoms with Crippen molar-refractivity contribution in [2.24, 2.45) is 0 Å². The molecule has 0 aliphatic rings. The normalized spacial score (nSPS) is 10.8. The van der Waals surface area contributed by atoms with Crippen LogP contribution < -0.4 is 5.43 Å². The van der Waals surface area contributed by atoms with E-state index in [9.17, 15) is 4.79 Å². The van der Waals surface area contributed by atoms with Crippen LogP contribution in [0.15, 0.2) is 52.0 Å². The molecule has 4 heteroatoms. The van der Waals surface area contributed by atoms with Crippen molar-refractivity contribution in [2.45, 2.75) is 0 Å². The third kappa shape index (κ3) is 1.24. The van der Waals surface area contributed by atoms with Crippen LogP contribution in [0.2, 0.25) is 0 Å². The number of nitrogens with one attached hydrogen (secondary N) is 1. The molecule has 2 heterocycles. The maximum absolute atomic E-state index is 12.1. The fraction of sp³-hybridized carbons (Fsp3) is 0. The molecule has 0 aliphatic carbocycles. The second kappa shape index (κ2) is 3.34. The average Bonchev–Trinajstić information content (AvgIpc) is 2.83. The molecule has 3 aromatic rings. The summed E-state index contributed by atoms with van der Waals surface area (Å²) < 4.78 is 5.39. The summed E-state index contributed by atoms with van der Waals surface area (Å²) in [6, 6.07) is 8.90. The largest absolute Gasteiger partial charge is 0.463 e. The monoisotopic (exact) mass is 212 g/mol. The van der Waals surface area contributed by atoms with E-state index in [0.717, 1.165) is 0 Å². The lowest BCUT2D eigenvalue weighted by Gasteiger charge is -1.98. The minimum atomic E-state index is -0.0612. The first kappa shape index (κ1) is 8.91. The Hall–Kier alpha value is -2.36. The first-order chi connectivity index (χ1) is 7.86. The third-order valence-electron chi connectivity index (χ3n) is 2.46. The summed E-state index contributed by atoms with van der Waals surface area (Å²) in [6.45, 7) is 0. The molecule has 0 aliphatic heterocycles. The Morgan fingerprint density at radius 3 is 2.88 bits per heavy atom. The Bertz CT molecular complexity index is 684. The maximum Gasteiger partial charge on any atom is 0.202 e. The summed E-state index contributed by atoms with van der Waals surface area (Å²) in [5, 5.41) is 7.21. The Labute approximate surface area is 90.5 Å². The minimum absolute atomic E-state index is 0.0612. The van der Waals surface area contributed by atoms with Gasteiger partial charge < -0.3 is 4.42 Å². The summed E-state index contributed by atoms with van der Waals surface area (Å²) in [7, 11) is 0. The lowest BCUT2D eigenvalue weighted by molar-refractivity contribution is 0.604. The summed E-state index contributed by atoms with van der Waals surface area (Å²) in [6.07, 6.45) is 3.12. The predicted molar refractivity (Wildman–Crippen MR) is 60.1 cm³/mol. The topological polar surface area (TPSA) is 58.9 Å². The molecule has 4 nitrogen and oxygen atoms in total. The van der Waals surface area contributed by atoms with Crippen molar-refractivity contribution in [3.63, 3.8) is 0 Å². The molecule has 0 radical (unpaired) electrons. The number of hydrogen-bond donors (Lipinski definition) is 1. The maximum atomic E-state index is 12.1. The number of nitrogens with zero attached hydrogens (tertiary/aromatic N) is 1. The van der Waals surface area contributed by atoms with E-state index in [1.54, 1.807) is 24.4 Å². The highest BCUT2D eigenvalue weighted by Crippen LogP contribution is 2.16. The van der Waals surface area contributed by atoms with Gasteiger partial charge in [-0.2, -0.15) is 5.10 Å². The van der Waals surface area contributed by atoms with Crippen molar-refractivity contribution >= 4 is 11.0 Å². The van der Waals surface area contributed by atoms with Crippen LogP contribution in [0, 0.1) is 0 Å². The molecule has 0 unspecified atom stereocenters. The number of aromatic nitrogens is 2. The molecule has 16 heavy (non-hydrogen) atoms. The molecule has 78 valence electrons. The molecule has 1 N–H and O–H groups in total. The van der Waals surface area contributed by atoms with Gasteiger partial charge in [-0.25, -0.2) is 0 Å². The van der Waals surface area contributed by atoms with Gasteiger partial charge in [-0.15, -0.1) is 0 Å². The molecule has 0 amide bonds. The van der Waals surface area contributed by atoms with E-state index in [1.165, 1.54) is 6.26 Å². The molecule has 0 spiro atoms. The summed E-state index contributed by atoms with van der Waals surface area (Å²) >= 11 is 0. The fourth-order valence-corrected chi connectivity index (χ4v) is 1.66. The van der Waals surface area contributed by atoms with Gasteiger partial charge in [-0.3, -0.25) is 9.89 Å². The summed E-state index contributed by atoms with van der Waals surface area (Å²) in [4.78, 5) is 12.1. The van der Waals surface area contributed by atoms with Gasteiger partial charge in [0.25, 0.3) is 0 Å². The smallest absolute Gasteiger partial charge is 0.202 e. The van der Waals surface area contributed by atoms with E-state index in [2.05, 4.69) is 10.2 Å². The zero-order chi connectivity index (χ0) is 11.0. The lowest BCUT2D eigenvalue weighted by Crippen LogP contribution is -2.04. The van der Waals surface area contributed by atoms with Gasteiger partial charge in [0.2, 0.25) is 5.43 Å². The quantitative estimate of drug-likeness (QED) is 0.672. The van der Waals surface area contributed by atoms with Crippen LogP contribution in [-0.4, -0.2) is 10.2 Å². The molecular weight excluding hydrogens is 204 g/mol. The highest BCUT2D eigenvalue weighted by atomic mass is 16.3. The molecule has 0 saturated carbocycles. The van der Waals surface area contributed by atoms with Gasteiger partial charge >= 0.3 is 0 Å². The number of hydrogen-bond acceptors (Lipinski definition) is 3. The zero-order valence-electron chi connectivity index (χ0n) is 8.31.